The lowest BCUT2D eigenvalue weighted by molar-refractivity contribution is -0.137. The van der Waals surface area contributed by atoms with E-state index >= 15 is 0 Å². The molecule has 0 unspecified atom stereocenters. The van der Waals surface area contributed by atoms with Gasteiger partial charge in [-0.05, 0) is 30.7 Å². The number of sulfonamides is 1. The van der Waals surface area contributed by atoms with Crippen LogP contribution in [0, 0.1) is 5.92 Å². The molecule has 0 N–H and O–H groups in total. The summed E-state index contributed by atoms with van der Waals surface area (Å²) in [5.74, 6) is -0.365. The molecule has 1 aromatic rings. The molecular weight excluding hydrogens is 364 g/mol. The molecule has 0 radical (unpaired) electrons. The minimum Gasteiger partial charge on any atom is -0.340 e. The Morgan fingerprint density at radius 3 is 2.41 bits per heavy atom. The highest BCUT2D eigenvalue weighted by atomic mass is 32.2. The van der Waals surface area contributed by atoms with E-state index < -0.39 is 10.0 Å². The van der Waals surface area contributed by atoms with Crippen molar-refractivity contribution < 1.29 is 13.2 Å². The molecule has 0 aromatic carbocycles. The van der Waals surface area contributed by atoms with Crippen LogP contribution in [0.3, 0.4) is 0 Å². The van der Waals surface area contributed by atoms with E-state index in [2.05, 4.69) is 16.8 Å². The molecule has 0 spiro atoms. The number of nitrogens with zero attached hydrogens (tertiary/aromatic N) is 4. The van der Waals surface area contributed by atoms with Gasteiger partial charge in [0, 0.05) is 57.6 Å². The van der Waals surface area contributed by atoms with Gasteiger partial charge in [-0.3, -0.25) is 14.7 Å². The molecule has 2 atom stereocenters. The van der Waals surface area contributed by atoms with E-state index in [0.29, 0.717) is 6.54 Å². The van der Waals surface area contributed by atoms with Gasteiger partial charge in [0.25, 0.3) is 0 Å². The van der Waals surface area contributed by atoms with Crippen LogP contribution >= 0.6 is 0 Å². The molecule has 2 aliphatic heterocycles. The minimum absolute atomic E-state index is 0.0816. The summed E-state index contributed by atoms with van der Waals surface area (Å²) in [7, 11) is -3.32. The van der Waals surface area contributed by atoms with E-state index in [1.807, 2.05) is 17.0 Å². The monoisotopic (exact) mass is 394 g/mol. The van der Waals surface area contributed by atoms with Gasteiger partial charge in [0.05, 0.1) is 12.2 Å². The quantitative estimate of drug-likeness (QED) is 0.720. The van der Waals surface area contributed by atoms with Crippen molar-refractivity contribution in [3.05, 3.63) is 30.1 Å². The zero-order valence-corrected chi connectivity index (χ0v) is 17.1. The van der Waals surface area contributed by atoms with Crippen molar-refractivity contribution in [3.8, 4) is 0 Å². The SMILES string of the molecule is CCCCN1CCN(C(=O)[C@@H]2CN(S(C)(=O)=O)C[C@H]2c2ccncc2)CC1. The first-order valence-electron chi connectivity index (χ1n) is 9.76. The summed E-state index contributed by atoms with van der Waals surface area (Å²) in [5, 5.41) is 0. The highest BCUT2D eigenvalue weighted by molar-refractivity contribution is 7.88. The lowest BCUT2D eigenvalue weighted by Crippen LogP contribution is -2.51. The van der Waals surface area contributed by atoms with Crippen LogP contribution in [0.5, 0.6) is 0 Å². The second-order valence-corrected chi connectivity index (χ2v) is 9.58. The van der Waals surface area contributed by atoms with Crippen LogP contribution < -0.4 is 0 Å². The first-order chi connectivity index (χ1) is 12.9. The molecule has 0 bridgehead atoms. The number of carbonyl (C=O) groups excluding carboxylic acids is 1. The van der Waals surface area contributed by atoms with Crippen molar-refractivity contribution in [1.29, 1.82) is 0 Å². The van der Waals surface area contributed by atoms with Gasteiger partial charge in [0.1, 0.15) is 0 Å². The molecule has 2 aliphatic rings. The largest absolute Gasteiger partial charge is 0.340 e. The van der Waals surface area contributed by atoms with E-state index in [4.69, 9.17) is 0 Å². The topological polar surface area (TPSA) is 73.8 Å². The molecule has 0 saturated carbocycles. The molecule has 7 nitrogen and oxygen atoms in total. The molecule has 2 fully saturated rings. The molecule has 8 heteroatoms. The molecule has 2 saturated heterocycles. The van der Waals surface area contributed by atoms with Gasteiger partial charge in [-0.1, -0.05) is 13.3 Å². The lowest BCUT2D eigenvalue weighted by Gasteiger charge is -2.36. The second-order valence-electron chi connectivity index (χ2n) is 7.59. The van der Waals surface area contributed by atoms with Crippen molar-refractivity contribution in [2.75, 3.05) is 52.1 Å². The first-order valence-corrected chi connectivity index (χ1v) is 11.6. The number of hydrogen-bond acceptors (Lipinski definition) is 5. The predicted octanol–water partition coefficient (Wildman–Crippen LogP) is 1.00. The third kappa shape index (κ3) is 4.86. The Hall–Kier alpha value is -1.51. The number of unbranched alkanes of at least 4 members (excludes halogenated alkanes) is 1. The predicted molar refractivity (Wildman–Crippen MR) is 105 cm³/mol. The Balaban J connectivity index is 1.71. The van der Waals surface area contributed by atoms with E-state index in [1.165, 1.54) is 23.4 Å². The van der Waals surface area contributed by atoms with Crippen LogP contribution in [0.4, 0.5) is 0 Å². The number of hydrogen-bond donors (Lipinski definition) is 0. The fourth-order valence-electron chi connectivity index (χ4n) is 4.05. The van der Waals surface area contributed by atoms with Crippen LogP contribution in [-0.4, -0.2) is 85.5 Å². The summed E-state index contributed by atoms with van der Waals surface area (Å²) in [4.78, 5) is 21.6. The fraction of sp³-hybridized carbons (Fsp3) is 0.684. The van der Waals surface area contributed by atoms with Crippen molar-refractivity contribution >= 4 is 15.9 Å². The van der Waals surface area contributed by atoms with Crippen molar-refractivity contribution in [1.82, 2.24) is 19.1 Å². The minimum atomic E-state index is -3.32. The molecular formula is C19H30N4O3S. The lowest BCUT2D eigenvalue weighted by atomic mass is 9.88. The number of piperazine rings is 1. The third-order valence-corrected chi connectivity index (χ3v) is 6.95. The Labute approximate surface area is 162 Å². The maximum Gasteiger partial charge on any atom is 0.227 e. The summed E-state index contributed by atoms with van der Waals surface area (Å²) in [6.07, 6.45) is 6.98. The van der Waals surface area contributed by atoms with E-state index in [-0.39, 0.29) is 24.3 Å². The second kappa shape index (κ2) is 8.67. The molecule has 0 aliphatic carbocycles. The van der Waals surface area contributed by atoms with Gasteiger partial charge < -0.3 is 4.90 Å². The average molecular weight is 395 g/mol. The molecule has 1 amide bonds. The number of amides is 1. The first kappa shape index (κ1) is 20.2. The van der Waals surface area contributed by atoms with Gasteiger partial charge >= 0.3 is 0 Å². The van der Waals surface area contributed by atoms with Gasteiger partial charge in [0.15, 0.2) is 0 Å². The smallest absolute Gasteiger partial charge is 0.227 e. The summed E-state index contributed by atoms with van der Waals surface area (Å²) in [5.41, 5.74) is 0.982. The summed E-state index contributed by atoms with van der Waals surface area (Å²) >= 11 is 0. The Bertz CT molecular complexity index is 733. The maximum absolute atomic E-state index is 13.2. The van der Waals surface area contributed by atoms with Crippen LogP contribution in [0.15, 0.2) is 24.5 Å². The number of pyridine rings is 1. The molecule has 3 rings (SSSR count). The van der Waals surface area contributed by atoms with Crippen molar-refractivity contribution in [2.24, 2.45) is 5.92 Å². The normalized spacial score (nSPS) is 25.0. The van der Waals surface area contributed by atoms with E-state index in [9.17, 15) is 13.2 Å². The molecule has 3 heterocycles. The van der Waals surface area contributed by atoms with Gasteiger partial charge in [-0.2, -0.15) is 0 Å². The third-order valence-electron chi connectivity index (χ3n) is 5.72. The summed E-state index contributed by atoms with van der Waals surface area (Å²) in [6, 6.07) is 3.78. The fourth-order valence-corrected chi connectivity index (χ4v) is 4.91. The van der Waals surface area contributed by atoms with Crippen LogP contribution in [0.25, 0.3) is 0 Å². The molecule has 150 valence electrons. The number of rotatable bonds is 6. The Kier molecular flexibility index (Phi) is 6.49. The van der Waals surface area contributed by atoms with Crippen molar-refractivity contribution in [3.63, 3.8) is 0 Å². The molecule has 1 aromatic heterocycles. The Morgan fingerprint density at radius 2 is 1.81 bits per heavy atom. The van der Waals surface area contributed by atoms with E-state index in [0.717, 1.165) is 38.3 Å². The van der Waals surface area contributed by atoms with Crippen LogP contribution in [-0.2, 0) is 14.8 Å². The average Bonchev–Trinajstić information content (AvgIpc) is 3.13. The zero-order valence-electron chi connectivity index (χ0n) is 16.2. The zero-order chi connectivity index (χ0) is 19.4. The molecule has 27 heavy (non-hydrogen) atoms. The maximum atomic E-state index is 13.2. The summed E-state index contributed by atoms with van der Waals surface area (Å²) in [6.45, 7) is 7.14. The van der Waals surface area contributed by atoms with Gasteiger partial charge in [-0.15, -0.1) is 0 Å². The van der Waals surface area contributed by atoms with Gasteiger partial charge in [0.2, 0.25) is 15.9 Å². The van der Waals surface area contributed by atoms with E-state index in [1.54, 1.807) is 12.4 Å². The van der Waals surface area contributed by atoms with Crippen molar-refractivity contribution in [2.45, 2.75) is 25.7 Å². The van der Waals surface area contributed by atoms with Crippen LogP contribution in [0.2, 0.25) is 0 Å². The Morgan fingerprint density at radius 1 is 1.15 bits per heavy atom. The number of carbonyl (C=O) groups is 1. The highest BCUT2D eigenvalue weighted by Gasteiger charge is 2.43. The number of aromatic nitrogens is 1. The standard InChI is InChI=1S/C19H30N4O3S/c1-3-4-9-21-10-12-22(13-11-21)19(24)18-15-23(27(2,25)26)14-17(18)16-5-7-20-8-6-16/h5-8,17-18H,3-4,9-15H2,1-2H3/t17-,18+/m0/s1. The van der Waals surface area contributed by atoms with Gasteiger partial charge in [-0.25, -0.2) is 12.7 Å². The van der Waals surface area contributed by atoms with Crippen LogP contribution in [0.1, 0.15) is 31.2 Å². The highest BCUT2D eigenvalue weighted by Crippen LogP contribution is 2.35. The summed E-state index contributed by atoms with van der Waals surface area (Å²) < 4.78 is 25.6.